The standard InChI is InChI=1S/C21H32.C11H18/c1-12-14(3)18(20(7,8)16(12)5)11-19-15(4)13(2)17(6)21(19,9)10;1-7-8(2)10(4)11(5,6)9(7)3/h11H2,1-10H3;1-6H3. The molecule has 0 N–H and O–H groups in total. The zero-order chi connectivity index (χ0) is 25.1. The Bertz CT molecular complexity index is 948. The lowest BCUT2D eigenvalue weighted by Crippen LogP contribution is -2.19. The Hall–Kier alpha value is -1.56. The van der Waals surface area contributed by atoms with Gasteiger partial charge >= 0.3 is 0 Å². The van der Waals surface area contributed by atoms with Gasteiger partial charge in [-0.15, -0.1) is 0 Å². The molecule has 0 amide bonds. The van der Waals surface area contributed by atoms with Gasteiger partial charge in [0, 0.05) is 16.2 Å². The van der Waals surface area contributed by atoms with Crippen molar-refractivity contribution in [2.24, 2.45) is 16.2 Å². The Morgan fingerprint density at radius 2 is 0.562 bits per heavy atom. The maximum absolute atomic E-state index is 2.39. The third kappa shape index (κ3) is 3.86. The van der Waals surface area contributed by atoms with Crippen molar-refractivity contribution in [3.8, 4) is 0 Å². The molecule has 0 saturated heterocycles. The smallest absolute Gasteiger partial charge is 0.00761 e. The van der Waals surface area contributed by atoms with Gasteiger partial charge in [-0.1, -0.05) is 75.0 Å². The van der Waals surface area contributed by atoms with Crippen LogP contribution in [0.3, 0.4) is 0 Å². The number of hydrogen-bond donors (Lipinski definition) is 0. The van der Waals surface area contributed by atoms with Crippen molar-refractivity contribution in [1.82, 2.24) is 0 Å². The van der Waals surface area contributed by atoms with Crippen LogP contribution >= 0.6 is 0 Å². The van der Waals surface area contributed by atoms with Crippen LogP contribution in [0.1, 0.15) is 117 Å². The number of hydrogen-bond acceptors (Lipinski definition) is 0. The quantitative estimate of drug-likeness (QED) is 0.405. The van der Waals surface area contributed by atoms with E-state index in [0.717, 1.165) is 6.42 Å². The van der Waals surface area contributed by atoms with Crippen LogP contribution in [0, 0.1) is 16.2 Å². The first kappa shape index (κ1) is 26.7. The van der Waals surface area contributed by atoms with E-state index in [1.54, 1.807) is 22.3 Å². The Balaban J connectivity index is 0.000000278. The molecule has 32 heavy (non-hydrogen) atoms. The lowest BCUT2D eigenvalue weighted by atomic mass is 9.72. The molecular formula is C32H50. The Kier molecular flexibility index (Phi) is 6.95. The maximum atomic E-state index is 2.39. The van der Waals surface area contributed by atoms with Crippen LogP contribution in [0.2, 0.25) is 0 Å². The average molecular weight is 435 g/mol. The van der Waals surface area contributed by atoms with E-state index in [0.29, 0.717) is 5.41 Å². The molecule has 0 aromatic rings. The van der Waals surface area contributed by atoms with Gasteiger partial charge in [0.2, 0.25) is 0 Å². The summed E-state index contributed by atoms with van der Waals surface area (Å²) in [4.78, 5) is 0. The molecule has 178 valence electrons. The van der Waals surface area contributed by atoms with E-state index < -0.39 is 0 Å². The summed E-state index contributed by atoms with van der Waals surface area (Å²) >= 11 is 0. The highest BCUT2D eigenvalue weighted by molar-refractivity contribution is 5.56. The molecular weight excluding hydrogens is 384 g/mol. The molecule has 3 rings (SSSR count). The van der Waals surface area contributed by atoms with Crippen LogP contribution < -0.4 is 0 Å². The van der Waals surface area contributed by atoms with Crippen molar-refractivity contribution in [3.63, 3.8) is 0 Å². The van der Waals surface area contributed by atoms with Gasteiger partial charge in [-0.2, -0.15) is 0 Å². The largest absolute Gasteiger partial charge is 0.0604 e. The van der Waals surface area contributed by atoms with Crippen molar-refractivity contribution in [2.45, 2.75) is 117 Å². The highest BCUT2D eigenvalue weighted by Crippen LogP contribution is 2.54. The topological polar surface area (TPSA) is 0 Å². The summed E-state index contributed by atoms with van der Waals surface area (Å²) in [5, 5.41) is 0. The summed E-state index contributed by atoms with van der Waals surface area (Å²) in [6.07, 6.45) is 1.13. The fraction of sp³-hybridized carbons (Fsp3) is 0.625. The zero-order valence-corrected chi connectivity index (χ0v) is 24.2. The molecule has 0 bridgehead atoms. The molecule has 0 aromatic carbocycles. The number of allylic oxidation sites excluding steroid dienone is 12. The first-order valence-electron chi connectivity index (χ1n) is 12.5. The van der Waals surface area contributed by atoms with Gasteiger partial charge in [-0.3, -0.25) is 0 Å². The van der Waals surface area contributed by atoms with E-state index in [4.69, 9.17) is 0 Å². The van der Waals surface area contributed by atoms with Crippen molar-refractivity contribution in [3.05, 3.63) is 66.9 Å². The minimum Gasteiger partial charge on any atom is -0.0604 e. The maximum Gasteiger partial charge on any atom is 0.00761 e. The Labute approximate surface area is 200 Å². The summed E-state index contributed by atoms with van der Waals surface area (Å²) < 4.78 is 0. The number of rotatable bonds is 2. The van der Waals surface area contributed by atoms with Gasteiger partial charge in [-0.25, -0.2) is 0 Å². The van der Waals surface area contributed by atoms with Crippen LogP contribution in [0.15, 0.2) is 66.9 Å². The van der Waals surface area contributed by atoms with Crippen molar-refractivity contribution in [1.29, 1.82) is 0 Å². The summed E-state index contributed by atoms with van der Waals surface area (Å²) in [6, 6.07) is 0. The predicted molar refractivity (Wildman–Crippen MR) is 145 cm³/mol. The van der Waals surface area contributed by atoms with Gasteiger partial charge in [0.1, 0.15) is 0 Å². The fourth-order valence-corrected chi connectivity index (χ4v) is 6.01. The third-order valence-electron chi connectivity index (χ3n) is 10.5. The van der Waals surface area contributed by atoms with Crippen LogP contribution in [-0.4, -0.2) is 0 Å². The third-order valence-corrected chi connectivity index (χ3v) is 10.5. The second-order valence-electron chi connectivity index (χ2n) is 12.3. The molecule has 0 heterocycles. The molecule has 0 unspecified atom stereocenters. The molecule has 3 aliphatic carbocycles. The van der Waals surface area contributed by atoms with Crippen LogP contribution in [0.5, 0.6) is 0 Å². The van der Waals surface area contributed by atoms with Gasteiger partial charge in [-0.05, 0) is 109 Å². The van der Waals surface area contributed by atoms with Crippen molar-refractivity contribution < 1.29 is 0 Å². The lowest BCUT2D eigenvalue weighted by Gasteiger charge is -2.32. The molecule has 0 saturated carbocycles. The monoisotopic (exact) mass is 434 g/mol. The minimum absolute atomic E-state index is 0.210. The van der Waals surface area contributed by atoms with Crippen LogP contribution in [0.4, 0.5) is 0 Å². The average Bonchev–Trinajstić information content (AvgIpc) is 3.02. The molecule has 0 nitrogen and oxygen atoms in total. The van der Waals surface area contributed by atoms with Gasteiger partial charge in [0.15, 0.2) is 0 Å². The molecule has 0 heteroatoms. The van der Waals surface area contributed by atoms with E-state index in [9.17, 15) is 0 Å². The van der Waals surface area contributed by atoms with Gasteiger partial charge in [0.05, 0.1) is 0 Å². The van der Waals surface area contributed by atoms with E-state index in [1.165, 1.54) is 44.6 Å². The fourth-order valence-electron chi connectivity index (χ4n) is 6.01. The van der Waals surface area contributed by atoms with Crippen LogP contribution in [0.25, 0.3) is 0 Å². The van der Waals surface area contributed by atoms with E-state index in [2.05, 4.69) is 111 Å². The lowest BCUT2D eigenvalue weighted by molar-refractivity contribution is 0.491. The molecule has 0 fully saturated rings. The first-order chi connectivity index (χ1) is 14.3. The van der Waals surface area contributed by atoms with Crippen LogP contribution in [-0.2, 0) is 0 Å². The summed E-state index contributed by atoms with van der Waals surface area (Å²) in [6.45, 7) is 36.9. The Morgan fingerprint density at radius 3 is 0.719 bits per heavy atom. The van der Waals surface area contributed by atoms with E-state index in [1.807, 2.05) is 0 Å². The molecule has 3 aliphatic rings. The van der Waals surface area contributed by atoms with Crippen molar-refractivity contribution >= 4 is 0 Å². The van der Waals surface area contributed by atoms with Gasteiger partial charge < -0.3 is 0 Å². The van der Waals surface area contributed by atoms with Crippen molar-refractivity contribution in [2.75, 3.05) is 0 Å². The molecule has 0 aliphatic heterocycles. The first-order valence-corrected chi connectivity index (χ1v) is 12.5. The molecule has 0 spiro atoms. The highest BCUT2D eigenvalue weighted by atomic mass is 14.4. The molecule has 0 radical (unpaired) electrons. The minimum atomic E-state index is 0.210. The van der Waals surface area contributed by atoms with E-state index >= 15 is 0 Å². The Morgan fingerprint density at radius 1 is 0.344 bits per heavy atom. The normalized spacial score (nSPS) is 24.4. The van der Waals surface area contributed by atoms with Gasteiger partial charge in [0.25, 0.3) is 0 Å². The van der Waals surface area contributed by atoms with E-state index in [-0.39, 0.29) is 10.8 Å². The predicted octanol–water partition coefficient (Wildman–Crippen LogP) is 10.5. The summed E-state index contributed by atoms with van der Waals surface area (Å²) in [5.74, 6) is 0. The zero-order valence-electron chi connectivity index (χ0n) is 24.2. The molecule has 0 aromatic heterocycles. The summed E-state index contributed by atoms with van der Waals surface area (Å²) in [7, 11) is 0. The second kappa shape index (κ2) is 8.34. The highest BCUT2D eigenvalue weighted by Gasteiger charge is 2.40. The SMILES string of the molecule is CC1=C(C)C(C)(C)C(C)=C1C.CC1=C(C)C(C)(C)C(CC2=C(C)C(C)=C(C)C2(C)C)=C1C. The summed E-state index contributed by atoms with van der Waals surface area (Å²) in [5.41, 5.74) is 19.2. The second-order valence-corrected chi connectivity index (χ2v) is 12.3. The molecule has 0 atom stereocenters.